The topological polar surface area (TPSA) is 299 Å². The Bertz CT molecular complexity index is 3980. The second-order valence-corrected chi connectivity index (χ2v) is 24.2. The Labute approximate surface area is 512 Å². The number of nitrogens with one attached hydrogen (secondary N) is 2. The predicted molar refractivity (Wildman–Crippen MR) is 327 cm³/mol. The van der Waals surface area contributed by atoms with Gasteiger partial charge in [0.2, 0.25) is 0 Å². The summed E-state index contributed by atoms with van der Waals surface area (Å²) >= 11 is 19.3. The standard InChI is InChI=1S/C60H57Cl3N8O16/c1-57(2,3)84-53(74)68(51(72)39-27-32-17-13-15-19-37(32)47(49(39)82-55(76)86-59(7,8)9)66-64-42-24-21-34(61)29-45(42)70(78)79)36-23-26-44(41(63)31-36)69(54(75)85-58(4,5)6)52(73)40-28-33-18-14-16-20-38(33)48(50(40)83-56(77)87-60(10,11)12)67-65-43-25-22-35(62)30-46(43)71(80)81/h13-31,64,66H,1-12H3. The minimum absolute atomic E-state index is 0.0126. The van der Waals surface area contributed by atoms with E-state index in [0.29, 0.717) is 15.2 Å². The first-order chi connectivity index (χ1) is 40.5. The predicted octanol–water partition coefficient (Wildman–Crippen LogP) is 17.4. The van der Waals surface area contributed by atoms with Gasteiger partial charge in [-0.1, -0.05) is 83.3 Å². The van der Waals surface area contributed by atoms with E-state index in [1.165, 1.54) is 84.0 Å². The quantitative estimate of drug-likeness (QED) is 0.0271. The van der Waals surface area contributed by atoms with Crippen molar-refractivity contribution >= 4 is 138 Å². The molecule has 0 fully saturated rings. The SMILES string of the molecule is CC(C)(C)OC(=O)Oc1c(C(=O)N(C(=O)OC(C)(C)C)c2ccc(N(C(=O)OC(C)(C)C)C(=O)c3cc4ccccc4c(NNc4ccc(Cl)cc4[N+](=O)[O-])c3OC(=O)OC(C)(C)C)cc2Cl)cc2ccccc2c1N=Nc1ccc(Cl)cc1[N+](=O)[O-]. The van der Waals surface area contributed by atoms with Crippen LogP contribution in [0.4, 0.5) is 64.7 Å². The molecule has 454 valence electrons. The Morgan fingerprint density at radius 2 is 0.977 bits per heavy atom. The highest BCUT2D eigenvalue weighted by Gasteiger charge is 2.39. The number of nitrogens with zero attached hydrogens (tertiary/aromatic N) is 6. The molecule has 24 nitrogen and oxygen atoms in total. The highest BCUT2D eigenvalue weighted by molar-refractivity contribution is 6.37. The van der Waals surface area contributed by atoms with Gasteiger partial charge in [0.25, 0.3) is 23.2 Å². The molecule has 0 radical (unpaired) electrons. The third-order valence-electron chi connectivity index (χ3n) is 11.4. The molecule has 0 bridgehead atoms. The number of carbonyl (C=O) groups is 6. The number of azo groups is 1. The van der Waals surface area contributed by atoms with Crippen molar-refractivity contribution in [2.45, 2.75) is 105 Å². The minimum atomic E-state index is -1.35. The maximum atomic E-state index is 15.6. The van der Waals surface area contributed by atoms with E-state index in [0.717, 1.165) is 30.3 Å². The van der Waals surface area contributed by atoms with Crippen LogP contribution in [0.1, 0.15) is 104 Å². The average Bonchev–Trinajstić information content (AvgIpc) is 0.811. The third-order valence-corrected chi connectivity index (χ3v) is 12.2. The Morgan fingerprint density at radius 3 is 1.52 bits per heavy atom. The molecule has 27 heteroatoms. The molecule has 0 aliphatic rings. The van der Waals surface area contributed by atoms with Crippen molar-refractivity contribution in [3.63, 3.8) is 0 Å². The van der Waals surface area contributed by atoms with Crippen molar-refractivity contribution in [2.24, 2.45) is 10.2 Å². The van der Waals surface area contributed by atoms with Crippen molar-refractivity contribution in [3.05, 3.63) is 162 Å². The van der Waals surface area contributed by atoms with E-state index in [1.807, 2.05) is 0 Å². The highest BCUT2D eigenvalue weighted by Crippen LogP contribution is 2.45. The molecule has 0 aliphatic heterocycles. The molecule has 0 aliphatic carbocycles. The van der Waals surface area contributed by atoms with Gasteiger partial charge < -0.3 is 28.4 Å². The lowest BCUT2D eigenvalue weighted by Crippen LogP contribution is -2.42. The maximum Gasteiger partial charge on any atom is 0.514 e. The first kappa shape index (κ1) is 64.9. The van der Waals surface area contributed by atoms with E-state index in [-0.39, 0.29) is 54.6 Å². The van der Waals surface area contributed by atoms with Crippen LogP contribution >= 0.6 is 34.8 Å². The average molecular weight is 1250 g/mol. The normalized spacial score (nSPS) is 11.8. The van der Waals surface area contributed by atoms with E-state index < -0.39 is 113 Å². The molecule has 0 aromatic heterocycles. The van der Waals surface area contributed by atoms with Crippen LogP contribution in [0.5, 0.6) is 11.5 Å². The maximum absolute atomic E-state index is 15.6. The molecule has 7 rings (SSSR count). The summed E-state index contributed by atoms with van der Waals surface area (Å²) < 4.78 is 34.3. The summed E-state index contributed by atoms with van der Waals surface area (Å²) in [6, 6.07) is 25.9. The summed E-state index contributed by atoms with van der Waals surface area (Å²) in [7, 11) is 0. The number of halogens is 3. The number of nitro benzene ring substituents is 2. The number of hydrogen-bond donors (Lipinski definition) is 2. The smallest absolute Gasteiger partial charge is 0.443 e. The molecule has 7 aromatic carbocycles. The Balaban J connectivity index is 1.45. The number of rotatable bonds is 13. The van der Waals surface area contributed by atoms with Gasteiger partial charge in [-0.25, -0.2) is 29.0 Å². The van der Waals surface area contributed by atoms with Crippen LogP contribution in [-0.4, -0.2) is 68.6 Å². The highest BCUT2D eigenvalue weighted by atomic mass is 35.5. The van der Waals surface area contributed by atoms with E-state index in [4.69, 9.17) is 63.2 Å². The van der Waals surface area contributed by atoms with E-state index >= 15 is 9.59 Å². The number of imide groups is 2. The molecule has 87 heavy (non-hydrogen) atoms. The fourth-order valence-electron chi connectivity index (χ4n) is 8.09. The molecule has 0 unspecified atom stereocenters. The third kappa shape index (κ3) is 16.2. The van der Waals surface area contributed by atoms with Crippen molar-refractivity contribution < 1.29 is 67.0 Å². The summed E-state index contributed by atoms with van der Waals surface area (Å²) in [5.41, 5.74) is -3.12. The zero-order chi connectivity index (χ0) is 64.2. The van der Waals surface area contributed by atoms with Crippen molar-refractivity contribution in [1.82, 2.24) is 0 Å². The van der Waals surface area contributed by atoms with Crippen LogP contribution in [-0.2, 0) is 18.9 Å². The molecule has 0 saturated heterocycles. The van der Waals surface area contributed by atoms with Gasteiger partial charge in [0.15, 0.2) is 17.2 Å². The number of anilines is 4. The molecule has 0 heterocycles. The van der Waals surface area contributed by atoms with Gasteiger partial charge in [0.05, 0.1) is 37.4 Å². The molecular formula is C60H57Cl3N8O16. The number of hydrazine groups is 1. The van der Waals surface area contributed by atoms with Crippen LogP contribution in [0.25, 0.3) is 21.5 Å². The zero-order valence-electron chi connectivity index (χ0n) is 48.8. The summed E-state index contributed by atoms with van der Waals surface area (Å²) in [6.07, 6.45) is -5.34. The number of nitro groups is 2. The molecule has 0 spiro atoms. The van der Waals surface area contributed by atoms with Crippen LogP contribution in [0.15, 0.2) is 125 Å². The number of benzene rings is 7. The summed E-state index contributed by atoms with van der Waals surface area (Å²) in [6.45, 7) is 18.4. The van der Waals surface area contributed by atoms with Crippen molar-refractivity contribution in [1.29, 1.82) is 0 Å². The lowest BCUT2D eigenvalue weighted by atomic mass is 10.0. The molecule has 4 amide bonds. The first-order valence-electron chi connectivity index (χ1n) is 26.2. The number of carbonyl (C=O) groups excluding carboxylic acids is 6. The number of amides is 4. The summed E-state index contributed by atoms with van der Waals surface area (Å²) in [5, 5.41) is 33.3. The van der Waals surface area contributed by atoms with Crippen LogP contribution < -0.4 is 30.1 Å². The molecule has 0 saturated carbocycles. The number of hydrogen-bond acceptors (Lipinski definition) is 20. The van der Waals surface area contributed by atoms with Crippen LogP contribution in [0.3, 0.4) is 0 Å². The van der Waals surface area contributed by atoms with Crippen LogP contribution in [0.2, 0.25) is 15.1 Å². The van der Waals surface area contributed by atoms with Gasteiger partial charge in [-0.3, -0.25) is 40.7 Å². The van der Waals surface area contributed by atoms with Crippen LogP contribution in [0, 0.1) is 20.2 Å². The Kier molecular flexibility index (Phi) is 19.0. The Morgan fingerprint density at radius 1 is 0.506 bits per heavy atom. The molecule has 2 N–H and O–H groups in total. The monoisotopic (exact) mass is 1250 g/mol. The van der Waals surface area contributed by atoms with Gasteiger partial charge in [-0.05, 0) is 148 Å². The fraction of sp³-hybridized carbons (Fsp3) is 0.267. The van der Waals surface area contributed by atoms with Gasteiger partial charge >= 0.3 is 24.5 Å². The fourth-order valence-corrected chi connectivity index (χ4v) is 8.68. The molecule has 7 aromatic rings. The van der Waals surface area contributed by atoms with E-state index in [1.54, 1.807) is 84.0 Å². The lowest BCUT2D eigenvalue weighted by molar-refractivity contribution is -0.384. The van der Waals surface area contributed by atoms with Crippen molar-refractivity contribution in [3.8, 4) is 11.5 Å². The second-order valence-electron chi connectivity index (χ2n) is 22.9. The lowest BCUT2D eigenvalue weighted by Gasteiger charge is -2.29. The number of fused-ring (bicyclic) bond motifs is 2. The number of ether oxygens (including phenoxy) is 6. The van der Waals surface area contributed by atoms with Gasteiger partial charge in [0.1, 0.15) is 39.5 Å². The minimum Gasteiger partial charge on any atom is -0.443 e. The summed E-state index contributed by atoms with van der Waals surface area (Å²) in [5.74, 6) is -3.72. The van der Waals surface area contributed by atoms with E-state index in [2.05, 4.69) is 21.1 Å². The summed E-state index contributed by atoms with van der Waals surface area (Å²) in [4.78, 5) is 112. The largest absolute Gasteiger partial charge is 0.514 e. The first-order valence-corrected chi connectivity index (χ1v) is 27.3. The van der Waals surface area contributed by atoms with Gasteiger partial charge in [-0.2, -0.15) is 0 Å². The van der Waals surface area contributed by atoms with Gasteiger partial charge in [-0.15, -0.1) is 10.2 Å². The molecular weight excluding hydrogens is 1200 g/mol. The molecule has 0 atom stereocenters. The van der Waals surface area contributed by atoms with E-state index in [9.17, 15) is 39.4 Å². The van der Waals surface area contributed by atoms with Crippen molar-refractivity contribution in [2.75, 3.05) is 20.7 Å². The Hall–Kier alpha value is -9.65. The zero-order valence-corrected chi connectivity index (χ0v) is 51.1. The van der Waals surface area contributed by atoms with Gasteiger partial charge in [0, 0.05) is 33.0 Å². The second kappa shape index (κ2) is 25.5.